The van der Waals surface area contributed by atoms with E-state index in [2.05, 4.69) is 15.2 Å². The molecule has 0 radical (unpaired) electrons. The molecule has 3 aromatic rings. The number of hydrogen-bond acceptors (Lipinski definition) is 5. The fourth-order valence-electron chi connectivity index (χ4n) is 2.56. The van der Waals surface area contributed by atoms with Gasteiger partial charge in [0, 0.05) is 18.0 Å². The summed E-state index contributed by atoms with van der Waals surface area (Å²) in [5.74, 6) is -0.0496. The zero-order chi connectivity index (χ0) is 21.5. The Hall–Kier alpha value is -3.33. The summed E-state index contributed by atoms with van der Waals surface area (Å²) in [5.41, 5.74) is 0.567. The summed E-state index contributed by atoms with van der Waals surface area (Å²) in [6.45, 7) is -1.08. The van der Waals surface area contributed by atoms with Crippen LogP contribution < -0.4 is 19.5 Å². The van der Waals surface area contributed by atoms with E-state index in [0.717, 1.165) is 0 Å². The highest BCUT2D eigenvalue weighted by Gasteiger charge is 2.16. The molecule has 0 bridgehead atoms. The number of carbonyl (C=O) groups excluding carboxylic acids is 1. The van der Waals surface area contributed by atoms with Crippen molar-refractivity contribution >= 4 is 23.2 Å². The average Bonchev–Trinajstić information content (AvgIpc) is 3.18. The number of hydrogen-bond donors (Lipinski definition) is 1. The van der Waals surface area contributed by atoms with Crippen molar-refractivity contribution in [2.45, 2.75) is 20.3 Å². The Kier molecular flexibility index (Phi) is 7.08. The van der Waals surface area contributed by atoms with Crippen LogP contribution in [0, 0.1) is 0 Å². The Morgan fingerprint density at radius 2 is 1.93 bits per heavy atom. The average molecular weight is 438 g/mol. The van der Waals surface area contributed by atoms with Crippen molar-refractivity contribution in [3.05, 3.63) is 65.4 Å². The first-order valence-electron chi connectivity index (χ1n) is 8.90. The zero-order valence-electron chi connectivity index (χ0n) is 15.8. The minimum Gasteiger partial charge on any atom is -0.490 e. The van der Waals surface area contributed by atoms with Crippen LogP contribution in [-0.2, 0) is 6.73 Å². The monoisotopic (exact) mass is 437 g/mol. The van der Waals surface area contributed by atoms with Crippen LogP contribution in [0.4, 0.5) is 14.5 Å². The number of alkyl halides is 2. The van der Waals surface area contributed by atoms with E-state index in [1.54, 1.807) is 31.2 Å². The Morgan fingerprint density at radius 1 is 1.13 bits per heavy atom. The van der Waals surface area contributed by atoms with Gasteiger partial charge in [-0.3, -0.25) is 4.79 Å². The fraction of sp³-hybridized carbons (Fsp3) is 0.200. The van der Waals surface area contributed by atoms with Crippen molar-refractivity contribution in [3.63, 3.8) is 0 Å². The molecule has 10 heteroatoms. The fourth-order valence-corrected chi connectivity index (χ4v) is 2.75. The van der Waals surface area contributed by atoms with Gasteiger partial charge in [0.25, 0.3) is 5.91 Å². The quantitative estimate of drug-likeness (QED) is 0.519. The van der Waals surface area contributed by atoms with Crippen molar-refractivity contribution < 1.29 is 27.8 Å². The number of amides is 1. The molecule has 0 spiro atoms. The van der Waals surface area contributed by atoms with Gasteiger partial charge in [0.1, 0.15) is 11.4 Å². The molecule has 3 rings (SSSR count). The number of carbonyl (C=O) groups is 1. The molecular weight excluding hydrogens is 420 g/mol. The van der Waals surface area contributed by atoms with Gasteiger partial charge < -0.3 is 19.5 Å². The summed E-state index contributed by atoms with van der Waals surface area (Å²) in [7, 11) is 0. The lowest BCUT2D eigenvalue weighted by molar-refractivity contribution is -0.0514. The molecule has 0 saturated carbocycles. The summed E-state index contributed by atoms with van der Waals surface area (Å²) in [6, 6.07) is 12.6. The molecule has 0 atom stereocenters. The molecule has 0 aliphatic carbocycles. The third-order valence-corrected chi connectivity index (χ3v) is 4.16. The Morgan fingerprint density at radius 3 is 2.67 bits per heavy atom. The Balaban J connectivity index is 1.71. The highest BCUT2D eigenvalue weighted by atomic mass is 35.5. The summed E-state index contributed by atoms with van der Waals surface area (Å²) in [5, 5.41) is 7.18. The standard InChI is InChI=1S/C20H18ClF2N3O4/c1-2-28-18-11-13(7-8-17(18)30-20(22)23)25-19(27)15-9-10-24-26(15)12-29-16-6-4-3-5-14(16)21/h3-11,20H,2,12H2,1H3,(H,25,27). The predicted molar refractivity (Wildman–Crippen MR) is 107 cm³/mol. The first-order valence-corrected chi connectivity index (χ1v) is 9.28. The second-order valence-electron chi connectivity index (χ2n) is 5.85. The normalized spacial score (nSPS) is 10.7. The van der Waals surface area contributed by atoms with Crippen molar-refractivity contribution in [2.24, 2.45) is 0 Å². The number of benzene rings is 2. The van der Waals surface area contributed by atoms with Crippen LogP contribution in [0.15, 0.2) is 54.7 Å². The van der Waals surface area contributed by atoms with E-state index in [1.165, 1.54) is 35.1 Å². The molecule has 7 nitrogen and oxygen atoms in total. The second kappa shape index (κ2) is 9.93. The zero-order valence-corrected chi connectivity index (χ0v) is 16.6. The molecule has 158 valence electrons. The Bertz CT molecular complexity index is 1010. The third-order valence-electron chi connectivity index (χ3n) is 3.85. The van der Waals surface area contributed by atoms with Gasteiger partial charge in [0.2, 0.25) is 0 Å². The van der Waals surface area contributed by atoms with Crippen molar-refractivity contribution in [3.8, 4) is 17.2 Å². The van der Waals surface area contributed by atoms with Crippen molar-refractivity contribution in [1.29, 1.82) is 0 Å². The van der Waals surface area contributed by atoms with E-state index >= 15 is 0 Å². The van der Waals surface area contributed by atoms with E-state index < -0.39 is 12.5 Å². The first-order chi connectivity index (χ1) is 14.5. The molecule has 0 unspecified atom stereocenters. The number of para-hydroxylation sites is 1. The van der Waals surface area contributed by atoms with E-state index in [0.29, 0.717) is 16.5 Å². The lowest BCUT2D eigenvalue weighted by Gasteiger charge is -2.14. The third kappa shape index (κ3) is 5.38. The lowest BCUT2D eigenvalue weighted by atomic mass is 10.2. The number of ether oxygens (including phenoxy) is 3. The molecule has 0 fully saturated rings. The molecule has 0 saturated heterocycles. The van der Waals surface area contributed by atoms with E-state index in [1.807, 2.05) is 0 Å². The molecule has 1 amide bonds. The van der Waals surface area contributed by atoms with Gasteiger partial charge in [-0.25, -0.2) is 4.68 Å². The van der Waals surface area contributed by atoms with Gasteiger partial charge in [-0.1, -0.05) is 23.7 Å². The van der Waals surface area contributed by atoms with Crippen molar-refractivity contribution in [2.75, 3.05) is 11.9 Å². The predicted octanol–water partition coefficient (Wildman–Crippen LogP) is 4.83. The summed E-state index contributed by atoms with van der Waals surface area (Å²) < 4.78 is 41.7. The molecule has 0 aliphatic heterocycles. The van der Waals surface area contributed by atoms with Gasteiger partial charge in [0.05, 0.1) is 11.6 Å². The van der Waals surface area contributed by atoms with Crippen LogP contribution in [0.2, 0.25) is 5.02 Å². The maximum atomic E-state index is 12.7. The lowest BCUT2D eigenvalue weighted by Crippen LogP contribution is -2.19. The molecule has 30 heavy (non-hydrogen) atoms. The molecule has 0 aliphatic rings. The minimum absolute atomic E-state index is 0.0369. The largest absolute Gasteiger partial charge is 0.490 e. The number of halogens is 3. The number of aromatic nitrogens is 2. The molecule has 1 aromatic heterocycles. The number of rotatable bonds is 9. The number of nitrogens with zero attached hydrogens (tertiary/aromatic N) is 2. The first kappa shape index (κ1) is 21.4. The van der Waals surface area contributed by atoms with Crippen molar-refractivity contribution in [1.82, 2.24) is 9.78 Å². The van der Waals surface area contributed by atoms with Gasteiger partial charge in [-0.2, -0.15) is 13.9 Å². The van der Waals surface area contributed by atoms with E-state index in [-0.39, 0.29) is 30.5 Å². The van der Waals surface area contributed by atoms with Crippen LogP contribution in [-0.4, -0.2) is 28.9 Å². The van der Waals surface area contributed by atoms with Gasteiger partial charge in [-0.15, -0.1) is 0 Å². The van der Waals surface area contributed by atoms with Crippen LogP contribution in [0.5, 0.6) is 17.2 Å². The summed E-state index contributed by atoms with van der Waals surface area (Å²) >= 11 is 6.06. The van der Waals surface area contributed by atoms with E-state index in [9.17, 15) is 13.6 Å². The maximum absolute atomic E-state index is 12.7. The Labute approximate surface area is 176 Å². The number of nitrogens with one attached hydrogen (secondary N) is 1. The van der Waals surface area contributed by atoms with Gasteiger partial charge >= 0.3 is 6.61 Å². The SMILES string of the molecule is CCOc1cc(NC(=O)c2ccnn2COc2ccccc2Cl)ccc1OC(F)F. The second-order valence-corrected chi connectivity index (χ2v) is 6.25. The minimum atomic E-state index is -2.99. The number of anilines is 1. The maximum Gasteiger partial charge on any atom is 0.387 e. The van der Waals surface area contributed by atoms with Crippen LogP contribution in [0.25, 0.3) is 0 Å². The van der Waals surface area contributed by atoms with Crippen LogP contribution >= 0.6 is 11.6 Å². The molecule has 2 aromatic carbocycles. The smallest absolute Gasteiger partial charge is 0.387 e. The van der Waals surface area contributed by atoms with Gasteiger partial charge in [0.15, 0.2) is 18.2 Å². The summed E-state index contributed by atoms with van der Waals surface area (Å²) in [6.07, 6.45) is 1.45. The summed E-state index contributed by atoms with van der Waals surface area (Å²) in [4.78, 5) is 12.7. The highest BCUT2D eigenvalue weighted by molar-refractivity contribution is 6.32. The molecular formula is C20H18ClF2N3O4. The highest BCUT2D eigenvalue weighted by Crippen LogP contribution is 2.32. The van der Waals surface area contributed by atoms with Crippen LogP contribution in [0.1, 0.15) is 17.4 Å². The van der Waals surface area contributed by atoms with Gasteiger partial charge in [-0.05, 0) is 37.3 Å². The van der Waals surface area contributed by atoms with Crippen LogP contribution in [0.3, 0.4) is 0 Å². The topological polar surface area (TPSA) is 74.6 Å². The molecule has 1 N–H and O–H groups in total. The molecule has 1 heterocycles. The van der Waals surface area contributed by atoms with E-state index in [4.69, 9.17) is 21.1 Å².